The minimum Gasteiger partial charge on any atom is -0.478 e. The summed E-state index contributed by atoms with van der Waals surface area (Å²) in [6.07, 6.45) is 2.96. The van der Waals surface area contributed by atoms with Gasteiger partial charge in [-0.05, 0) is 24.7 Å². The molecule has 1 aromatic carbocycles. The lowest BCUT2D eigenvalue weighted by Gasteiger charge is -2.33. The molecule has 3 aromatic rings. The van der Waals surface area contributed by atoms with Crippen molar-refractivity contribution in [3.05, 3.63) is 66.4 Å². The van der Waals surface area contributed by atoms with Crippen molar-refractivity contribution < 1.29 is 19.8 Å². The van der Waals surface area contributed by atoms with E-state index in [1.54, 1.807) is 0 Å². The number of carboxylic acids is 2. The molecular weight excluding hydrogens is 398 g/mol. The van der Waals surface area contributed by atoms with Gasteiger partial charge in [0.2, 0.25) is 5.95 Å². The number of aliphatic carboxylic acids is 2. The van der Waals surface area contributed by atoms with E-state index in [1.165, 1.54) is 5.56 Å². The molecule has 0 spiro atoms. The van der Waals surface area contributed by atoms with Gasteiger partial charge in [0.25, 0.3) is 0 Å². The van der Waals surface area contributed by atoms with Gasteiger partial charge in [-0.2, -0.15) is 0 Å². The minimum absolute atomic E-state index is 0.558. The summed E-state index contributed by atoms with van der Waals surface area (Å²) < 4.78 is 2.25. The number of pyridine rings is 1. The Balaban J connectivity index is 0.000000293. The van der Waals surface area contributed by atoms with Crippen LogP contribution in [-0.2, 0) is 16.1 Å². The first kappa shape index (κ1) is 22.0. The maximum Gasteiger partial charge on any atom is 0.328 e. The standard InChI is InChI=1S/C18H21N5.C4H4O4/c1-21-10-12-22(13-11-21)18-20-16-8-5-9-19-17(16)23(18)14-15-6-3-2-4-7-15;5-3(6)1-2-4(7)8/h2-9H,10-14H2,1H3;1-2H,(H,5,6)(H,7,8)/b;2-1+. The number of benzene rings is 1. The van der Waals surface area contributed by atoms with E-state index in [0.29, 0.717) is 12.2 Å². The molecule has 0 amide bonds. The van der Waals surface area contributed by atoms with E-state index < -0.39 is 11.9 Å². The van der Waals surface area contributed by atoms with Gasteiger partial charge in [-0.3, -0.25) is 4.57 Å². The second kappa shape index (κ2) is 10.4. The summed E-state index contributed by atoms with van der Waals surface area (Å²) in [4.78, 5) is 33.3. The molecule has 31 heavy (non-hydrogen) atoms. The fourth-order valence-electron chi connectivity index (χ4n) is 3.25. The Bertz CT molecular complexity index is 1040. The van der Waals surface area contributed by atoms with Gasteiger partial charge >= 0.3 is 11.9 Å². The van der Waals surface area contributed by atoms with Gasteiger partial charge in [-0.1, -0.05) is 30.3 Å². The first-order chi connectivity index (χ1) is 14.9. The van der Waals surface area contributed by atoms with Crippen LogP contribution in [0, 0.1) is 0 Å². The number of imidazole rings is 1. The van der Waals surface area contributed by atoms with Gasteiger partial charge in [0.1, 0.15) is 5.52 Å². The molecule has 1 saturated heterocycles. The third-order valence-electron chi connectivity index (χ3n) is 4.82. The van der Waals surface area contributed by atoms with Crippen LogP contribution in [0.15, 0.2) is 60.8 Å². The zero-order valence-electron chi connectivity index (χ0n) is 17.3. The molecule has 2 N–H and O–H groups in total. The number of aromatic nitrogens is 3. The van der Waals surface area contributed by atoms with Crippen LogP contribution in [0.3, 0.4) is 0 Å². The fourth-order valence-corrected chi connectivity index (χ4v) is 3.25. The topological polar surface area (TPSA) is 112 Å². The van der Waals surface area contributed by atoms with Gasteiger partial charge in [-0.15, -0.1) is 0 Å². The number of carboxylic acid groups (broad SMARTS) is 2. The summed E-state index contributed by atoms with van der Waals surface area (Å²) in [6, 6.07) is 14.5. The summed E-state index contributed by atoms with van der Waals surface area (Å²) in [5.74, 6) is -1.48. The summed E-state index contributed by atoms with van der Waals surface area (Å²) in [7, 11) is 2.17. The van der Waals surface area contributed by atoms with Crippen molar-refractivity contribution in [2.75, 3.05) is 38.1 Å². The molecule has 2 aromatic heterocycles. The lowest BCUT2D eigenvalue weighted by molar-refractivity contribution is -0.134. The van der Waals surface area contributed by atoms with Crippen LogP contribution in [0.4, 0.5) is 5.95 Å². The number of nitrogens with zero attached hydrogens (tertiary/aromatic N) is 5. The third kappa shape index (κ3) is 6.13. The van der Waals surface area contributed by atoms with Crippen molar-refractivity contribution in [2.45, 2.75) is 6.54 Å². The lowest BCUT2D eigenvalue weighted by Crippen LogP contribution is -2.45. The van der Waals surface area contributed by atoms with Crippen LogP contribution >= 0.6 is 0 Å². The smallest absolute Gasteiger partial charge is 0.328 e. The van der Waals surface area contributed by atoms with Crippen molar-refractivity contribution in [2.24, 2.45) is 0 Å². The molecule has 0 atom stereocenters. The van der Waals surface area contributed by atoms with E-state index >= 15 is 0 Å². The van der Waals surface area contributed by atoms with Crippen molar-refractivity contribution >= 4 is 29.1 Å². The first-order valence-electron chi connectivity index (χ1n) is 9.86. The number of piperazine rings is 1. The van der Waals surface area contributed by atoms with Crippen LogP contribution in [0.25, 0.3) is 11.2 Å². The summed E-state index contributed by atoms with van der Waals surface area (Å²) in [6.45, 7) is 4.96. The normalized spacial score (nSPS) is 14.4. The average molecular weight is 423 g/mol. The van der Waals surface area contributed by atoms with E-state index in [0.717, 1.165) is 49.8 Å². The molecule has 0 aliphatic carbocycles. The van der Waals surface area contributed by atoms with E-state index in [2.05, 4.69) is 56.7 Å². The highest BCUT2D eigenvalue weighted by Crippen LogP contribution is 2.23. The Morgan fingerprint density at radius 2 is 1.61 bits per heavy atom. The molecule has 3 heterocycles. The van der Waals surface area contributed by atoms with Gasteiger partial charge in [0.05, 0.1) is 6.54 Å². The molecule has 1 fully saturated rings. The van der Waals surface area contributed by atoms with E-state index in [-0.39, 0.29) is 0 Å². The third-order valence-corrected chi connectivity index (χ3v) is 4.82. The summed E-state index contributed by atoms with van der Waals surface area (Å²) in [5.41, 5.74) is 3.20. The molecule has 1 aliphatic rings. The number of rotatable bonds is 5. The molecular formula is C22H25N5O4. The number of likely N-dealkylation sites (N-methyl/N-ethyl adjacent to an activating group) is 1. The lowest BCUT2D eigenvalue weighted by atomic mass is 10.2. The first-order valence-corrected chi connectivity index (χ1v) is 9.86. The Hall–Kier alpha value is -3.72. The largest absolute Gasteiger partial charge is 0.478 e. The van der Waals surface area contributed by atoms with E-state index in [4.69, 9.17) is 15.2 Å². The van der Waals surface area contributed by atoms with Crippen molar-refractivity contribution in [3.8, 4) is 0 Å². The molecule has 9 heteroatoms. The van der Waals surface area contributed by atoms with Crippen LogP contribution < -0.4 is 4.90 Å². The molecule has 0 unspecified atom stereocenters. The van der Waals surface area contributed by atoms with Gasteiger partial charge in [0, 0.05) is 44.5 Å². The molecule has 162 valence electrons. The van der Waals surface area contributed by atoms with Crippen molar-refractivity contribution in [1.82, 2.24) is 19.4 Å². The van der Waals surface area contributed by atoms with Crippen LogP contribution in [0.5, 0.6) is 0 Å². The van der Waals surface area contributed by atoms with Crippen LogP contribution in [0.2, 0.25) is 0 Å². The Morgan fingerprint density at radius 3 is 2.23 bits per heavy atom. The van der Waals surface area contributed by atoms with Crippen LogP contribution in [-0.4, -0.2) is 74.8 Å². The monoisotopic (exact) mass is 423 g/mol. The van der Waals surface area contributed by atoms with E-state index in [1.807, 2.05) is 18.3 Å². The Labute approximate surface area is 179 Å². The molecule has 9 nitrogen and oxygen atoms in total. The van der Waals surface area contributed by atoms with Gasteiger partial charge in [-0.25, -0.2) is 19.6 Å². The number of carbonyl (C=O) groups is 2. The maximum atomic E-state index is 9.55. The predicted molar refractivity (Wildman–Crippen MR) is 117 cm³/mol. The van der Waals surface area contributed by atoms with E-state index in [9.17, 15) is 9.59 Å². The van der Waals surface area contributed by atoms with Crippen molar-refractivity contribution in [1.29, 1.82) is 0 Å². The highest BCUT2D eigenvalue weighted by Gasteiger charge is 2.21. The molecule has 0 saturated carbocycles. The van der Waals surface area contributed by atoms with Gasteiger partial charge in [0.15, 0.2) is 5.65 Å². The Morgan fingerprint density at radius 1 is 0.968 bits per heavy atom. The minimum atomic E-state index is -1.26. The molecule has 0 radical (unpaired) electrons. The molecule has 1 aliphatic heterocycles. The number of fused-ring (bicyclic) bond motifs is 1. The molecule has 0 bridgehead atoms. The van der Waals surface area contributed by atoms with Crippen LogP contribution in [0.1, 0.15) is 5.56 Å². The number of hydrogen-bond donors (Lipinski definition) is 2. The summed E-state index contributed by atoms with van der Waals surface area (Å²) >= 11 is 0. The number of hydrogen-bond acceptors (Lipinski definition) is 6. The maximum absolute atomic E-state index is 9.55. The SMILES string of the molecule is CN1CCN(c2nc3cccnc3n2Cc2ccccc2)CC1.O=C(O)/C=C/C(=O)O. The molecule has 4 rings (SSSR count). The number of anilines is 1. The van der Waals surface area contributed by atoms with Crippen molar-refractivity contribution in [3.63, 3.8) is 0 Å². The second-order valence-electron chi connectivity index (χ2n) is 7.13. The fraction of sp³-hybridized carbons (Fsp3) is 0.273. The quantitative estimate of drug-likeness (QED) is 0.599. The highest BCUT2D eigenvalue weighted by molar-refractivity contribution is 5.89. The predicted octanol–water partition coefficient (Wildman–Crippen LogP) is 1.94. The summed E-state index contributed by atoms with van der Waals surface area (Å²) in [5, 5.41) is 15.6. The zero-order chi connectivity index (χ0) is 22.2. The Kier molecular flexibility index (Phi) is 7.34. The second-order valence-corrected chi connectivity index (χ2v) is 7.13. The highest BCUT2D eigenvalue weighted by atomic mass is 16.4. The average Bonchev–Trinajstić information content (AvgIpc) is 3.12. The van der Waals surface area contributed by atoms with Gasteiger partial charge < -0.3 is 20.0 Å². The zero-order valence-corrected chi connectivity index (χ0v) is 17.3.